The molecule has 0 saturated heterocycles. The fourth-order valence-electron chi connectivity index (χ4n) is 4.80. The van der Waals surface area contributed by atoms with E-state index in [0.717, 1.165) is 47.4 Å². The Hall–Kier alpha value is -3.07. The number of hydrogen-bond donors (Lipinski definition) is 1. The van der Waals surface area contributed by atoms with E-state index >= 15 is 0 Å². The second kappa shape index (κ2) is 12.9. The second-order valence-electron chi connectivity index (χ2n) is 9.68. The predicted molar refractivity (Wildman–Crippen MR) is 146 cm³/mol. The average molecular weight is 530 g/mol. The van der Waals surface area contributed by atoms with Gasteiger partial charge in [0.15, 0.2) is 0 Å². The first-order chi connectivity index (χ1) is 17.6. The van der Waals surface area contributed by atoms with Crippen LogP contribution in [0.2, 0.25) is 0 Å². The number of anilines is 1. The van der Waals surface area contributed by atoms with Crippen LogP contribution in [0.1, 0.15) is 56.6 Å². The highest BCUT2D eigenvalue weighted by atomic mass is 32.2. The van der Waals surface area contributed by atoms with Crippen molar-refractivity contribution in [2.45, 2.75) is 71.0 Å². The normalized spacial score (nSPS) is 15.0. The van der Waals surface area contributed by atoms with Crippen molar-refractivity contribution in [3.8, 4) is 5.75 Å². The number of carbonyl (C=O) groups is 2. The van der Waals surface area contributed by atoms with Gasteiger partial charge in [-0.3, -0.25) is 13.9 Å². The van der Waals surface area contributed by atoms with Gasteiger partial charge in [0.05, 0.1) is 19.1 Å². The molecule has 3 rings (SSSR count). The predicted octanol–water partition coefficient (Wildman–Crippen LogP) is 4.03. The number of carbonyl (C=O) groups excluding carboxylic acids is 2. The molecule has 1 N–H and O–H groups in total. The fraction of sp³-hybridized carbons (Fsp3) is 0.500. The lowest BCUT2D eigenvalue weighted by molar-refractivity contribution is -0.140. The van der Waals surface area contributed by atoms with Crippen LogP contribution in [0.3, 0.4) is 0 Å². The monoisotopic (exact) mass is 529 g/mol. The highest BCUT2D eigenvalue weighted by Crippen LogP contribution is 2.23. The number of benzene rings is 2. The first kappa shape index (κ1) is 28.5. The number of nitrogens with zero attached hydrogens (tertiary/aromatic N) is 2. The molecule has 0 bridgehead atoms. The van der Waals surface area contributed by atoms with Crippen molar-refractivity contribution in [2.75, 3.05) is 24.2 Å². The van der Waals surface area contributed by atoms with Crippen LogP contribution in [0, 0.1) is 6.92 Å². The first-order valence-electron chi connectivity index (χ1n) is 12.9. The Morgan fingerprint density at radius 3 is 2.27 bits per heavy atom. The molecule has 9 heteroatoms. The largest absolute Gasteiger partial charge is 0.497 e. The van der Waals surface area contributed by atoms with E-state index in [9.17, 15) is 18.0 Å². The van der Waals surface area contributed by atoms with E-state index in [1.807, 2.05) is 38.1 Å². The Balaban J connectivity index is 1.91. The lowest BCUT2D eigenvalue weighted by atomic mass is 9.95. The fourth-order valence-corrected chi connectivity index (χ4v) is 5.65. The minimum absolute atomic E-state index is 0.109. The molecule has 0 heterocycles. The van der Waals surface area contributed by atoms with Gasteiger partial charge >= 0.3 is 0 Å². The van der Waals surface area contributed by atoms with Crippen LogP contribution in [0.4, 0.5) is 5.69 Å². The Morgan fingerprint density at radius 1 is 1.05 bits per heavy atom. The van der Waals surface area contributed by atoms with Crippen molar-refractivity contribution in [2.24, 2.45) is 0 Å². The van der Waals surface area contributed by atoms with Crippen molar-refractivity contribution >= 4 is 27.5 Å². The SMILES string of the molecule is CC[C@H](C(=O)NC1CCCCC1)N(Cc1ccccc1C)C(=O)CN(c1ccc(OC)cc1)S(C)(=O)=O. The van der Waals surface area contributed by atoms with Gasteiger partial charge in [-0.1, -0.05) is 50.5 Å². The summed E-state index contributed by atoms with van der Waals surface area (Å²) in [5, 5.41) is 3.15. The van der Waals surface area contributed by atoms with Gasteiger partial charge in [-0.15, -0.1) is 0 Å². The van der Waals surface area contributed by atoms with E-state index in [2.05, 4.69) is 5.32 Å². The van der Waals surface area contributed by atoms with Gasteiger partial charge in [-0.2, -0.15) is 0 Å². The van der Waals surface area contributed by atoms with Crippen molar-refractivity contribution < 1.29 is 22.7 Å². The zero-order valence-electron chi connectivity index (χ0n) is 22.3. The Labute approximate surface area is 221 Å². The zero-order valence-corrected chi connectivity index (χ0v) is 23.1. The number of rotatable bonds is 11. The van der Waals surface area contributed by atoms with Crippen LogP contribution in [-0.2, 0) is 26.2 Å². The highest BCUT2D eigenvalue weighted by Gasteiger charge is 2.33. The maximum atomic E-state index is 13.8. The van der Waals surface area contributed by atoms with Gasteiger partial charge in [0.2, 0.25) is 21.8 Å². The Bertz CT molecular complexity index is 1160. The maximum absolute atomic E-state index is 13.8. The molecule has 0 unspecified atom stereocenters. The third kappa shape index (κ3) is 7.71. The van der Waals surface area contributed by atoms with Crippen LogP contribution >= 0.6 is 0 Å². The number of aryl methyl sites for hydroxylation is 1. The smallest absolute Gasteiger partial charge is 0.244 e. The molecule has 0 spiro atoms. The van der Waals surface area contributed by atoms with Crippen LogP contribution in [0.25, 0.3) is 0 Å². The Kier molecular flexibility index (Phi) is 9.97. The summed E-state index contributed by atoms with van der Waals surface area (Å²) in [7, 11) is -2.25. The molecule has 1 saturated carbocycles. The quantitative estimate of drug-likeness (QED) is 0.474. The summed E-state index contributed by atoms with van der Waals surface area (Å²) in [5.74, 6) is -0.0445. The minimum atomic E-state index is -3.78. The number of ether oxygens (including phenoxy) is 1. The van der Waals surface area contributed by atoms with Gasteiger partial charge in [0, 0.05) is 12.6 Å². The van der Waals surface area contributed by atoms with Gasteiger partial charge in [0.25, 0.3) is 0 Å². The highest BCUT2D eigenvalue weighted by molar-refractivity contribution is 7.92. The van der Waals surface area contributed by atoms with Crippen LogP contribution < -0.4 is 14.4 Å². The molecule has 37 heavy (non-hydrogen) atoms. The van der Waals surface area contributed by atoms with E-state index in [4.69, 9.17) is 4.74 Å². The number of hydrogen-bond acceptors (Lipinski definition) is 5. The average Bonchev–Trinajstić information content (AvgIpc) is 2.88. The molecule has 2 amide bonds. The van der Waals surface area contributed by atoms with Gasteiger partial charge in [-0.25, -0.2) is 8.42 Å². The summed E-state index contributed by atoms with van der Waals surface area (Å²) >= 11 is 0. The first-order valence-corrected chi connectivity index (χ1v) is 14.7. The summed E-state index contributed by atoms with van der Waals surface area (Å²) in [6, 6.07) is 13.6. The standard InChI is InChI=1S/C28H39N3O5S/c1-5-26(28(33)29-23-13-7-6-8-14-23)30(19-22-12-10-9-11-21(22)2)27(32)20-31(37(4,34)35)24-15-17-25(36-3)18-16-24/h9-12,15-18,23,26H,5-8,13-14,19-20H2,1-4H3,(H,29,33)/t26-/m1/s1. The van der Waals surface area contributed by atoms with Crippen LogP contribution in [0.15, 0.2) is 48.5 Å². The summed E-state index contributed by atoms with van der Waals surface area (Å²) < 4.78 is 31.7. The molecular formula is C28H39N3O5S. The second-order valence-corrected chi connectivity index (χ2v) is 11.6. The lowest BCUT2D eigenvalue weighted by Crippen LogP contribution is -2.54. The van der Waals surface area contributed by atoms with Gasteiger partial charge < -0.3 is 15.0 Å². The van der Waals surface area contributed by atoms with Crippen LogP contribution in [-0.4, -0.2) is 57.1 Å². The molecule has 0 radical (unpaired) electrons. The number of methoxy groups -OCH3 is 1. The Morgan fingerprint density at radius 2 is 1.70 bits per heavy atom. The summed E-state index contributed by atoms with van der Waals surface area (Å²) in [6.45, 7) is 3.63. The number of amides is 2. The molecule has 1 fully saturated rings. The lowest BCUT2D eigenvalue weighted by Gasteiger charge is -2.34. The molecule has 202 valence electrons. The molecule has 8 nitrogen and oxygen atoms in total. The molecule has 2 aromatic rings. The van der Waals surface area contributed by atoms with Crippen molar-refractivity contribution in [3.63, 3.8) is 0 Å². The molecular weight excluding hydrogens is 490 g/mol. The molecule has 1 aliphatic rings. The van der Waals surface area contributed by atoms with Gasteiger partial charge in [-0.05, 0) is 61.6 Å². The maximum Gasteiger partial charge on any atom is 0.244 e. The van der Waals surface area contributed by atoms with Crippen LogP contribution in [0.5, 0.6) is 5.75 Å². The van der Waals surface area contributed by atoms with Gasteiger partial charge in [0.1, 0.15) is 18.3 Å². The summed E-state index contributed by atoms with van der Waals surface area (Å²) in [5.41, 5.74) is 2.26. The molecule has 0 aromatic heterocycles. The van der Waals surface area contributed by atoms with E-state index in [0.29, 0.717) is 17.9 Å². The van der Waals surface area contributed by atoms with E-state index in [-0.39, 0.29) is 18.5 Å². The zero-order chi connectivity index (χ0) is 27.0. The summed E-state index contributed by atoms with van der Waals surface area (Å²) in [4.78, 5) is 28.8. The molecule has 2 aromatic carbocycles. The van der Waals surface area contributed by atoms with Crippen molar-refractivity contribution in [1.82, 2.24) is 10.2 Å². The third-order valence-electron chi connectivity index (χ3n) is 6.98. The molecule has 1 atom stereocenters. The van der Waals surface area contributed by atoms with E-state index < -0.39 is 28.5 Å². The van der Waals surface area contributed by atoms with Crippen molar-refractivity contribution in [1.29, 1.82) is 0 Å². The van der Waals surface area contributed by atoms with E-state index in [1.165, 1.54) is 18.4 Å². The molecule has 0 aliphatic heterocycles. The van der Waals surface area contributed by atoms with Crippen molar-refractivity contribution in [3.05, 3.63) is 59.7 Å². The summed E-state index contributed by atoms with van der Waals surface area (Å²) in [6.07, 6.45) is 6.70. The molecule has 1 aliphatic carbocycles. The number of nitrogens with one attached hydrogen (secondary N) is 1. The van der Waals surface area contributed by atoms with E-state index in [1.54, 1.807) is 24.3 Å². The number of sulfonamides is 1. The third-order valence-corrected chi connectivity index (χ3v) is 8.12. The topological polar surface area (TPSA) is 96.0 Å². The minimum Gasteiger partial charge on any atom is -0.497 e.